The standard InChI is InChI=1S/C22H40O4/c1-17(2)11-7-9-15-25-21(23)19-13-5-6-14-20(19)22(24)26-16-10-8-12-18(3)4/h17-20H,5-16H2,1-4H3/t19-,20+. The Balaban J connectivity index is 2.33. The number of rotatable bonds is 12. The van der Waals surface area contributed by atoms with E-state index in [0.29, 0.717) is 25.0 Å². The van der Waals surface area contributed by atoms with Gasteiger partial charge in [0.15, 0.2) is 0 Å². The second-order valence-corrected chi connectivity index (χ2v) is 8.61. The van der Waals surface area contributed by atoms with Crippen molar-refractivity contribution in [2.45, 2.75) is 91.9 Å². The molecule has 1 fully saturated rings. The van der Waals surface area contributed by atoms with Crippen LogP contribution < -0.4 is 0 Å². The highest BCUT2D eigenvalue weighted by Crippen LogP contribution is 2.32. The zero-order valence-electron chi connectivity index (χ0n) is 17.4. The molecule has 0 saturated heterocycles. The molecule has 1 rings (SSSR count). The van der Waals surface area contributed by atoms with Gasteiger partial charge in [-0.05, 0) is 50.4 Å². The zero-order chi connectivity index (χ0) is 19.4. The molecule has 152 valence electrons. The first-order valence-electron chi connectivity index (χ1n) is 10.7. The predicted molar refractivity (Wildman–Crippen MR) is 105 cm³/mol. The molecule has 0 aromatic carbocycles. The maximum atomic E-state index is 12.4. The Labute approximate surface area is 160 Å². The molecule has 1 aliphatic rings. The first-order chi connectivity index (χ1) is 12.4. The minimum Gasteiger partial charge on any atom is -0.465 e. The Morgan fingerprint density at radius 1 is 0.731 bits per heavy atom. The van der Waals surface area contributed by atoms with E-state index in [-0.39, 0.29) is 23.8 Å². The molecule has 0 amide bonds. The van der Waals surface area contributed by atoms with Crippen molar-refractivity contribution in [2.75, 3.05) is 13.2 Å². The number of carbonyl (C=O) groups excluding carboxylic acids is 2. The van der Waals surface area contributed by atoms with Gasteiger partial charge < -0.3 is 9.47 Å². The highest BCUT2D eigenvalue weighted by atomic mass is 16.5. The lowest BCUT2D eigenvalue weighted by molar-refractivity contribution is -0.163. The lowest BCUT2D eigenvalue weighted by Crippen LogP contribution is -2.35. The zero-order valence-corrected chi connectivity index (χ0v) is 17.4. The first-order valence-corrected chi connectivity index (χ1v) is 10.7. The van der Waals surface area contributed by atoms with E-state index in [1.54, 1.807) is 0 Å². The Morgan fingerprint density at radius 3 is 1.46 bits per heavy atom. The highest BCUT2D eigenvalue weighted by Gasteiger charge is 2.37. The van der Waals surface area contributed by atoms with E-state index in [4.69, 9.17) is 9.47 Å². The third kappa shape index (κ3) is 9.59. The van der Waals surface area contributed by atoms with Crippen molar-refractivity contribution in [2.24, 2.45) is 23.7 Å². The van der Waals surface area contributed by atoms with Crippen LogP contribution in [0, 0.1) is 23.7 Å². The molecule has 26 heavy (non-hydrogen) atoms. The van der Waals surface area contributed by atoms with Gasteiger partial charge in [0.1, 0.15) is 0 Å². The van der Waals surface area contributed by atoms with Crippen LogP contribution in [-0.4, -0.2) is 25.2 Å². The molecule has 0 bridgehead atoms. The molecule has 0 radical (unpaired) electrons. The summed E-state index contributed by atoms with van der Waals surface area (Å²) < 4.78 is 10.9. The summed E-state index contributed by atoms with van der Waals surface area (Å²) >= 11 is 0. The van der Waals surface area contributed by atoms with Crippen LogP contribution in [-0.2, 0) is 19.1 Å². The minimum absolute atomic E-state index is 0.198. The molecular weight excluding hydrogens is 328 g/mol. The number of ether oxygens (including phenoxy) is 2. The molecule has 1 saturated carbocycles. The van der Waals surface area contributed by atoms with Gasteiger partial charge in [-0.2, -0.15) is 0 Å². The van der Waals surface area contributed by atoms with Gasteiger partial charge in [-0.15, -0.1) is 0 Å². The van der Waals surface area contributed by atoms with Gasteiger partial charge in [-0.25, -0.2) is 0 Å². The van der Waals surface area contributed by atoms with E-state index in [1.807, 2.05) is 0 Å². The van der Waals surface area contributed by atoms with Crippen LogP contribution in [0.25, 0.3) is 0 Å². The summed E-state index contributed by atoms with van der Waals surface area (Å²) in [5.41, 5.74) is 0. The van der Waals surface area contributed by atoms with E-state index >= 15 is 0 Å². The Bertz CT molecular complexity index is 365. The number of carbonyl (C=O) groups is 2. The summed E-state index contributed by atoms with van der Waals surface area (Å²) in [7, 11) is 0. The fourth-order valence-corrected chi connectivity index (χ4v) is 3.56. The smallest absolute Gasteiger partial charge is 0.309 e. The number of hydrogen-bond acceptors (Lipinski definition) is 4. The lowest BCUT2D eigenvalue weighted by atomic mass is 9.79. The summed E-state index contributed by atoms with van der Waals surface area (Å²) in [6.07, 6.45) is 9.77. The summed E-state index contributed by atoms with van der Waals surface area (Å²) in [6.45, 7) is 9.75. The number of esters is 2. The Hall–Kier alpha value is -1.06. The van der Waals surface area contributed by atoms with E-state index in [1.165, 1.54) is 0 Å². The molecule has 2 atom stereocenters. The molecule has 0 spiro atoms. The molecule has 4 nitrogen and oxygen atoms in total. The van der Waals surface area contributed by atoms with E-state index in [2.05, 4.69) is 27.7 Å². The van der Waals surface area contributed by atoms with Crippen molar-refractivity contribution in [3.05, 3.63) is 0 Å². The Morgan fingerprint density at radius 2 is 1.12 bits per heavy atom. The van der Waals surface area contributed by atoms with Crippen LogP contribution in [0.2, 0.25) is 0 Å². The van der Waals surface area contributed by atoms with Crippen molar-refractivity contribution in [3.63, 3.8) is 0 Å². The second-order valence-electron chi connectivity index (χ2n) is 8.61. The quantitative estimate of drug-likeness (QED) is 0.335. The van der Waals surface area contributed by atoms with Gasteiger partial charge in [-0.1, -0.05) is 53.4 Å². The monoisotopic (exact) mass is 368 g/mol. The van der Waals surface area contributed by atoms with Crippen molar-refractivity contribution in [1.82, 2.24) is 0 Å². The van der Waals surface area contributed by atoms with Crippen LogP contribution in [0.15, 0.2) is 0 Å². The van der Waals surface area contributed by atoms with Gasteiger partial charge in [0.2, 0.25) is 0 Å². The van der Waals surface area contributed by atoms with Gasteiger partial charge >= 0.3 is 11.9 Å². The van der Waals surface area contributed by atoms with Crippen LogP contribution in [0.4, 0.5) is 0 Å². The molecule has 0 aromatic rings. The molecule has 4 heteroatoms. The largest absolute Gasteiger partial charge is 0.465 e. The van der Waals surface area contributed by atoms with Crippen molar-refractivity contribution in [3.8, 4) is 0 Å². The summed E-state index contributed by atoms with van der Waals surface area (Å²) in [6, 6.07) is 0. The van der Waals surface area contributed by atoms with Crippen LogP contribution in [0.1, 0.15) is 91.9 Å². The fraction of sp³-hybridized carbons (Fsp3) is 0.909. The van der Waals surface area contributed by atoms with Gasteiger partial charge in [0.05, 0.1) is 25.0 Å². The lowest BCUT2D eigenvalue weighted by Gasteiger charge is -2.28. The highest BCUT2D eigenvalue weighted by molar-refractivity contribution is 5.82. The second kappa shape index (κ2) is 13.2. The first kappa shape index (κ1) is 23.0. The summed E-state index contributed by atoms with van der Waals surface area (Å²) in [4.78, 5) is 24.9. The maximum Gasteiger partial charge on any atom is 0.309 e. The third-order valence-electron chi connectivity index (χ3n) is 5.21. The van der Waals surface area contributed by atoms with Crippen molar-refractivity contribution in [1.29, 1.82) is 0 Å². The molecule has 0 aromatic heterocycles. The third-order valence-corrected chi connectivity index (χ3v) is 5.21. The predicted octanol–water partition coefficient (Wildman–Crippen LogP) is 5.53. The van der Waals surface area contributed by atoms with Crippen LogP contribution in [0.5, 0.6) is 0 Å². The number of hydrogen-bond donors (Lipinski definition) is 0. The van der Waals surface area contributed by atoms with Crippen molar-refractivity contribution >= 4 is 11.9 Å². The van der Waals surface area contributed by atoms with Crippen molar-refractivity contribution < 1.29 is 19.1 Å². The Kier molecular flexibility index (Phi) is 11.6. The van der Waals surface area contributed by atoms with E-state index in [9.17, 15) is 9.59 Å². The molecule has 0 aliphatic heterocycles. The number of unbranched alkanes of at least 4 members (excludes halogenated alkanes) is 2. The molecule has 1 aliphatic carbocycles. The molecular formula is C22H40O4. The molecule has 0 N–H and O–H groups in total. The summed E-state index contributed by atoms with van der Waals surface area (Å²) in [5.74, 6) is 0.355. The topological polar surface area (TPSA) is 52.6 Å². The average molecular weight is 369 g/mol. The van der Waals surface area contributed by atoms with Gasteiger partial charge in [0.25, 0.3) is 0 Å². The van der Waals surface area contributed by atoms with Crippen LogP contribution >= 0.6 is 0 Å². The van der Waals surface area contributed by atoms with Crippen LogP contribution in [0.3, 0.4) is 0 Å². The summed E-state index contributed by atoms with van der Waals surface area (Å²) in [5, 5.41) is 0. The fourth-order valence-electron chi connectivity index (χ4n) is 3.56. The molecule has 0 heterocycles. The van der Waals surface area contributed by atoms with E-state index in [0.717, 1.165) is 64.2 Å². The van der Waals surface area contributed by atoms with E-state index < -0.39 is 0 Å². The average Bonchev–Trinajstić information content (AvgIpc) is 2.60. The normalized spacial score (nSPS) is 20.4. The van der Waals surface area contributed by atoms with Gasteiger partial charge in [-0.3, -0.25) is 9.59 Å². The SMILES string of the molecule is CC(C)CCCCOC(=O)[C@H]1CCCC[C@H]1C(=O)OCCCCC(C)C. The maximum absolute atomic E-state index is 12.4. The molecule has 0 unspecified atom stereocenters. The van der Waals surface area contributed by atoms with Gasteiger partial charge in [0, 0.05) is 0 Å². The minimum atomic E-state index is -0.308.